The summed E-state index contributed by atoms with van der Waals surface area (Å²) in [6.45, 7) is 2.03. The third-order valence-corrected chi connectivity index (χ3v) is 5.14. The van der Waals surface area contributed by atoms with E-state index in [-0.39, 0.29) is 30.7 Å². The molecule has 0 bridgehead atoms. The van der Waals surface area contributed by atoms with E-state index in [0.717, 1.165) is 5.56 Å². The Bertz CT molecular complexity index is 1010. The number of nitrogens with two attached hydrogens (primary N) is 1. The molecule has 0 aliphatic rings. The second-order valence-corrected chi connectivity index (χ2v) is 7.50. The highest BCUT2D eigenvalue weighted by Crippen LogP contribution is 2.14. The van der Waals surface area contributed by atoms with Crippen molar-refractivity contribution in [2.75, 3.05) is 6.54 Å². The van der Waals surface area contributed by atoms with E-state index in [2.05, 4.69) is 15.6 Å². The molecule has 0 fully saturated rings. The minimum Gasteiger partial charge on any atom is -0.350 e. The number of carbonyl (C=O) groups is 2. The smallest absolute Gasteiger partial charge is 0.243 e. The first-order valence-electron chi connectivity index (χ1n) is 9.96. The van der Waals surface area contributed by atoms with E-state index >= 15 is 0 Å². The van der Waals surface area contributed by atoms with Gasteiger partial charge in [0.25, 0.3) is 0 Å². The normalized spacial score (nSPS) is 13.0. The Kier molecular flexibility index (Phi) is 7.43. The predicted octanol–water partition coefficient (Wildman–Crippen LogP) is 2.11. The van der Waals surface area contributed by atoms with Crippen LogP contribution < -0.4 is 16.4 Å². The van der Waals surface area contributed by atoms with Crippen molar-refractivity contribution < 1.29 is 9.59 Å². The largest absolute Gasteiger partial charge is 0.350 e. The summed E-state index contributed by atoms with van der Waals surface area (Å²) < 4.78 is 1.74. The average Bonchev–Trinajstić information content (AvgIpc) is 3.17. The van der Waals surface area contributed by atoms with Gasteiger partial charge in [0.05, 0.1) is 5.69 Å². The number of aromatic nitrogens is 2. The van der Waals surface area contributed by atoms with Gasteiger partial charge >= 0.3 is 0 Å². The highest BCUT2D eigenvalue weighted by molar-refractivity contribution is 6.29. The zero-order chi connectivity index (χ0) is 21.5. The Morgan fingerprint density at radius 3 is 2.53 bits per heavy atom. The minimum atomic E-state index is -0.758. The summed E-state index contributed by atoms with van der Waals surface area (Å²) in [5.41, 5.74) is 8.31. The molecule has 0 saturated heterocycles. The molecule has 2 aromatic heterocycles. The number of nitrogens with one attached hydrogen (secondary N) is 2. The molecule has 4 N–H and O–H groups in total. The lowest BCUT2D eigenvalue weighted by molar-refractivity contribution is -0.129. The van der Waals surface area contributed by atoms with Crippen molar-refractivity contribution in [3.63, 3.8) is 0 Å². The van der Waals surface area contributed by atoms with Gasteiger partial charge in [-0.1, -0.05) is 54.9 Å². The quantitative estimate of drug-likeness (QED) is 0.455. The van der Waals surface area contributed by atoms with Gasteiger partial charge in [0.1, 0.15) is 16.8 Å². The fraction of sp³-hybridized carbons (Fsp3) is 0.318. The van der Waals surface area contributed by atoms with Crippen LogP contribution in [0.15, 0.2) is 54.7 Å². The van der Waals surface area contributed by atoms with Crippen molar-refractivity contribution in [2.45, 2.75) is 38.3 Å². The number of hydrogen-bond donors (Lipinski definition) is 3. The van der Waals surface area contributed by atoms with Crippen LogP contribution in [0.2, 0.25) is 5.15 Å². The Morgan fingerprint density at radius 1 is 1.10 bits per heavy atom. The molecular weight excluding hydrogens is 402 g/mol. The summed E-state index contributed by atoms with van der Waals surface area (Å²) in [5.74, 6) is -0.490. The first-order chi connectivity index (χ1) is 14.5. The number of imidazole rings is 1. The summed E-state index contributed by atoms with van der Waals surface area (Å²) in [4.78, 5) is 29.5. The fourth-order valence-electron chi connectivity index (χ4n) is 3.23. The van der Waals surface area contributed by atoms with E-state index in [4.69, 9.17) is 17.3 Å². The molecule has 0 saturated carbocycles. The van der Waals surface area contributed by atoms with Gasteiger partial charge in [-0.3, -0.25) is 14.0 Å². The average molecular weight is 428 g/mol. The molecule has 2 amide bonds. The molecule has 3 rings (SSSR count). The number of halogens is 1. The molecule has 0 aliphatic heterocycles. The summed E-state index contributed by atoms with van der Waals surface area (Å²) in [7, 11) is 0. The summed E-state index contributed by atoms with van der Waals surface area (Å²) in [5, 5.41) is 6.29. The number of rotatable bonds is 9. The van der Waals surface area contributed by atoms with Crippen LogP contribution in [0.1, 0.15) is 24.6 Å². The minimum absolute atomic E-state index is 0.204. The Hall–Kier alpha value is -2.90. The molecule has 158 valence electrons. The number of hydrogen-bond acceptors (Lipinski definition) is 4. The van der Waals surface area contributed by atoms with Crippen LogP contribution in [0, 0.1) is 0 Å². The van der Waals surface area contributed by atoms with Crippen LogP contribution in [0.4, 0.5) is 0 Å². The molecule has 3 aromatic rings. The number of nitrogens with zero attached hydrogens (tertiary/aromatic N) is 2. The molecule has 7 nitrogen and oxygen atoms in total. The fourth-order valence-corrected chi connectivity index (χ4v) is 3.44. The van der Waals surface area contributed by atoms with Crippen molar-refractivity contribution >= 4 is 29.1 Å². The maximum absolute atomic E-state index is 13.0. The van der Waals surface area contributed by atoms with Crippen molar-refractivity contribution in [2.24, 2.45) is 5.73 Å². The number of carbonyl (C=O) groups excluding carboxylic acids is 2. The van der Waals surface area contributed by atoms with Gasteiger partial charge in [-0.2, -0.15) is 0 Å². The lowest BCUT2D eigenvalue weighted by Gasteiger charge is -2.22. The van der Waals surface area contributed by atoms with Crippen molar-refractivity contribution in [3.8, 4) is 0 Å². The molecule has 0 radical (unpaired) electrons. The summed E-state index contributed by atoms with van der Waals surface area (Å²) >= 11 is 6.20. The predicted molar refractivity (Wildman–Crippen MR) is 117 cm³/mol. The van der Waals surface area contributed by atoms with Gasteiger partial charge in [0.2, 0.25) is 11.8 Å². The second-order valence-electron chi connectivity index (χ2n) is 7.12. The maximum Gasteiger partial charge on any atom is 0.243 e. The molecule has 2 atom stereocenters. The van der Waals surface area contributed by atoms with Gasteiger partial charge in [-0.15, -0.1) is 0 Å². The maximum atomic E-state index is 13.0. The molecule has 8 heteroatoms. The highest BCUT2D eigenvalue weighted by atomic mass is 35.5. The van der Waals surface area contributed by atoms with Gasteiger partial charge in [-0.05, 0) is 24.1 Å². The van der Waals surface area contributed by atoms with Gasteiger partial charge in [0.15, 0.2) is 0 Å². The Labute approximate surface area is 180 Å². The van der Waals surface area contributed by atoms with E-state index in [1.807, 2.05) is 42.5 Å². The lowest BCUT2D eigenvalue weighted by Crippen LogP contribution is -2.52. The van der Waals surface area contributed by atoms with E-state index in [9.17, 15) is 9.59 Å². The summed E-state index contributed by atoms with van der Waals surface area (Å²) in [6, 6.07) is 14.2. The third-order valence-electron chi connectivity index (χ3n) is 4.83. The zero-order valence-corrected chi connectivity index (χ0v) is 17.6. The van der Waals surface area contributed by atoms with Crippen LogP contribution >= 0.6 is 11.6 Å². The molecule has 30 heavy (non-hydrogen) atoms. The summed E-state index contributed by atoms with van der Waals surface area (Å²) in [6.07, 6.45) is 2.92. The van der Waals surface area contributed by atoms with Gasteiger partial charge in [0, 0.05) is 31.6 Å². The molecule has 0 spiro atoms. The lowest BCUT2D eigenvalue weighted by atomic mass is 10.0. The third kappa shape index (κ3) is 5.58. The number of fused-ring (bicyclic) bond motifs is 1. The molecule has 1 aromatic carbocycles. The highest BCUT2D eigenvalue weighted by Gasteiger charge is 2.24. The monoisotopic (exact) mass is 427 g/mol. The molecule has 2 heterocycles. The molecule has 0 unspecified atom stereocenters. The number of benzene rings is 1. The van der Waals surface area contributed by atoms with E-state index in [1.165, 1.54) is 0 Å². The van der Waals surface area contributed by atoms with Crippen LogP contribution in [-0.2, 0) is 22.4 Å². The van der Waals surface area contributed by atoms with Crippen LogP contribution in [-0.4, -0.2) is 39.8 Å². The van der Waals surface area contributed by atoms with Crippen LogP contribution in [0.25, 0.3) is 5.65 Å². The topological polar surface area (TPSA) is 102 Å². The van der Waals surface area contributed by atoms with Crippen molar-refractivity contribution in [1.82, 2.24) is 20.0 Å². The first kappa shape index (κ1) is 21.8. The van der Waals surface area contributed by atoms with Crippen LogP contribution in [0.3, 0.4) is 0 Å². The zero-order valence-electron chi connectivity index (χ0n) is 16.8. The molecular formula is C22H26ClN5O2. The number of pyridine rings is 1. The Morgan fingerprint density at radius 2 is 1.87 bits per heavy atom. The van der Waals surface area contributed by atoms with Gasteiger partial charge < -0.3 is 16.4 Å². The second kappa shape index (κ2) is 10.2. The first-order valence-corrected chi connectivity index (χ1v) is 10.3. The van der Waals surface area contributed by atoms with Gasteiger partial charge in [-0.25, -0.2) is 4.98 Å². The standard InChI is InChI=1S/C22H26ClN5O2/c1-2-21(29)27-18(12-17-14-28-19(23)9-6-10-20(28)25-17)22(30)26-16(13-24)11-15-7-4-3-5-8-15/h3-10,14,16,18H,2,11-13,24H2,1H3,(H,26,30)(H,27,29)/t16-,18-/m0/s1. The van der Waals surface area contributed by atoms with E-state index in [1.54, 1.807) is 23.6 Å². The van der Waals surface area contributed by atoms with E-state index < -0.39 is 6.04 Å². The van der Waals surface area contributed by atoms with E-state index in [0.29, 0.717) is 29.5 Å². The van der Waals surface area contributed by atoms with Crippen LogP contribution in [0.5, 0.6) is 0 Å². The SMILES string of the molecule is CCC(=O)N[C@@H](Cc1cn2c(Cl)cccc2n1)C(=O)N[C@H](CN)Cc1ccccc1. The molecule has 0 aliphatic carbocycles. The Balaban J connectivity index is 1.74. The van der Waals surface area contributed by atoms with Crippen molar-refractivity contribution in [1.29, 1.82) is 0 Å². The van der Waals surface area contributed by atoms with Crippen molar-refractivity contribution in [3.05, 3.63) is 71.1 Å². The number of amides is 2.